The van der Waals surface area contributed by atoms with Crippen molar-refractivity contribution in [3.05, 3.63) is 27.8 Å². The summed E-state index contributed by atoms with van der Waals surface area (Å²) in [4.78, 5) is 13.0. The van der Waals surface area contributed by atoms with Crippen molar-refractivity contribution in [2.75, 3.05) is 24.2 Å². The number of rotatable bonds is 5. The molecule has 0 saturated heterocycles. The van der Waals surface area contributed by atoms with Gasteiger partial charge in [-0.1, -0.05) is 0 Å². The maximum Gasteiger partial charge on any atom is 0.224 e. The first-order chi connectivity index (χ1) is 8.67. The minimum Gasteiger partial charge on any atom is -0.369 e. The molecule has 2 rings (SSSR count). The summed E-state index contributed by atoms with van der Waals surface area (Å²) in [6, 6.07) is 1.94. The Hall–Kier alpha value is -1.69. The molecule has 0 aliphatic rings. The van der Waals surface area contributed by atoms with E-state index < -0.39 is 0 Å². The lowest BCUT2D eigenvalue weighted by atomic mass is 10.4. The molecule has 0 amide bonds. The van der Waals surface area contributed by atoms with Gasteiger partial charge >= 0.3 is 0 Å². The van der Waals surface area contributed by atoms with Gasteiger partial charge in [0.15, 0.2) is 0 Å². The van der Waals surface area contributed by atoms with Crippen LogP contribution in [-0.4, -0.2) is 28.5 Å². The number of hydrogen-bond donors (Lipinski definition) is 2. The molecule has 0 aliphatic carbocycles. The van der Waals surface area contributed by atoms with Crippen LogP contribution in [0.2, 0.25) is 0 Å². The molecule has 0 atom stereocenters. The maximum atomic E-state index is 4.43. The lowest BCUT2D eigenvalue weighted by Gasteiger charge is -2.07. The van der Waals surface area contributed by atoms with Gasteiger partial charge in [-0.25, -0.2) is 9.97 Å². The van der Waals surface area contributed by atoms with Gasteiger partial charge in [0.05, 0.1) is 5.01 Å². The normalized spacial score (nSPS) is 10.4. The van der Waals surface area contributed by atoms with Crippen molar-refractivity contribution < 1.29 is 0 Å². The van der Waals surface area contributed by atoms with E-state index >= 15 is 0 Å². The van der Waals surface area contributed by atoms with Gasteiger partial charge in [0.1, 0.15) is 5.82 Å². The van der Waals surface area contributed by atoms with Gasteiger partial charge in [0.2, 0.25) is 5.95 Å². The molecule has 2 aromatic heterocycles. The average molecular weight is 263 g/mol. The predicted octanol–water partition coefficient (Wildman–Crippen LogP) is 2.25. The van der Waals surface area contributed by atoms with Crippen molar-refractivity contribution >= 4 is 23.1 Å². The quantitative estimate of drug-likeness (QED) is 0.866. The predicted molar refractivity (Wildman–Crippen MR) is 75.4 cm³/mol. The molecule has 18 heavy (non-hydrogen) atoms. The summed E-state index contributed by atoms with van der Waals surface area (Å²) in [5.74, 6) is 1.49. The minimum absolute atomic E-state index is 0.641. The zero-order valence-electron chi connectivity index (χ0n) is 10.8. The molecule has 0 aromatic carbocycles. The molecule has 2 aromatic rings. The third-order valence-corrected chi connectivity index (χ3v) is 3.42. The molecule has 0 saturated carbocycles. The highest BCUT2D eigenvalue weighted by Gasteiger charge is 2.02. The van der Waals surface area contributed by atoms with Crippen LogP contribution in [0.25, 0.3) is 0 Å². The van der Waals surface area contributed by atoms with Gasteiger partial charge in [-0.15, -0.1) is 11.3 Å². The van der Waals surface area contributed by atoms with Crippen LogP contribution >= 0.6 is 11.3 Å². The van der Waals surface area contributed by atoms with Crippen molar-refractivity contribution in [3.8, 4) is 0 Å². The zero-order valence-corrected chi connectivity index (χ0v) is 11.6. The standard InChI is InChI=1S/C12H17N5S/c1-8-6-10(17-12(13-3)16-8)14-5-4-11-15-9(2)7-18-11/h6-7H,4-5H2,1-3H3,(H2,13,14,16,17). The lowest BCUT2D eigenvalue weighted by molar-refractivity contribution is 0.970. The number of thiazole rings is 1. The van der Waals surface area contributed by atoms with E-state index in [1.807, 2.05) is 27.0 Å². The largest absolute Gasteiger partial charge is 0.369 e. The number of anilines is 2. The molecule has 2 N–H and O–H groups in total. The molecular formula is C12H17N5S. The Balaban J connectivity index is 1.91. The Bertz CT molecular complexity index is 523. The van der Waals surface area contributed by atoms with Crippen LogP contribution in [0.1, 0.15) is 16.4 Å². The van der Waals surface area contributed by atoms with Gasteiger partial charge in [0, 0.05) is 42.8 Å². The van der Waals surface area contributed by atoms with E-state index in [2.05, 4.69) is 31.0 Å². The van der Waals surface area contributed by atoms with Crippen LogP contribution < -0.4 is 10.6 Å². The van der Waals surface area contributed by atoms with Crippen molar-refractivity contribution in [2.24, 2.45) is 0 Å². The van der Waals surface area contributed by atoms with Crippen molar-refractivity contribution in [1.29, 1.82) is 0 Å². The molecule has 0 fully saturated rings. The summed E-state index contributed by atoms with van der Waals surface area (Å²) >= 11 is 1.70. The first-order valence-electron chi connectivity index (χ1n) is 5.85. The van der Waals surface area contributed by atoms with Crippen LogP contribution in [0.5, 0.6) is 0 Å². The van der Waals surface area contributed by atoms with Crippen molar-refractivity contribution in [3.63, 3.8) is 0 Å². The minimum atomic E-state index is 0.641. The van der Waals surface area contributed by atoms with Crippen LogP contribution in [0.15, 0.2) is 11.4 Å². The van der Waals surface area contributed by atoms with Gasteiger partial charge in [-0.3, -0.25) is 0 Å². The molecule has 6 heteroatoms. The molecule has 2 heterocycles. The molecule has 0 unspecified atom stereocenters. The summed E-state index contributed by atoms with van der Waals surface area (Å²) in [7, 11) is 1.82. The third kappa shape index (κ3) is 3.40. The maximum absolute atomic E-state index is 4.43. The van der Waals surface area contributed by atoms with E-state index in [0.717, 1.165) is 35.2 Å². The number of hydrogen-bond acceptors (Lipinski definition) is 6. The fourth-order valence-corrected chi connectivity index (χ4v) is 2.36. The van der Waals surface area contributed by atoms with E-state index in [1.54, 1.807) is 11.3 Å². The SMILES string of the molecule is CNc1nc(C)cc(NCCc2nc(C)cs2)n1. The first-order valence-corrected chi connectivity index (χ1v) is 6.73. The Morgan fingerprint density at radius 2 is 2.00 bits per heavy atom. The number of aryl methyl sites for hydroxylation is 2. The second-order valence-electron chi connectivity index (χ2n) is 4.03. The monoisotopic (exact) mass is 263 g/mol. The van der Waals surface area contributed by atoms with Crippen LogP contribution in [0.3, 0.4) is 0 Å². The highest BCUT2D eigenvalue weighted by Crippen LogP contribution is 2.11. The molecule has 0 aliphatic heterocycles. The summed E-state index contributed by atoms with van der Waals surface area (Å²) < 4.78 is 0. The topological polar surface area (TPSA) is 62.7 Å². The summed E-state index contributed by atoms with van der Waals surface area (Å²) in [5, 5.41) is 9.47. The zero-order chi connectivity index (χ0) is 13.0. The Morgan fingerprint density at radius 1 is 1.17 bits per heavy atom. The molecular weight excluding hydrogens is 246 g/mol. The summed E-state index contributed by atoms with van der Waals surface area (Å²) in [5.41, 5.74) is 2.03. The fraction of sp³-hybridized carbons (Fsp3) is 0.417. The number of nitrogens with zero attached hydrogens (tertiary/aromatic N) is 3. The van der Waals surface area contributed by atoms with Crippen LogP contribution in [-0.2, 0) is 6.42 Å². The first kappa shape index (κ1) is 12.8. The van der Waals surface area contributed by atoms with E-state index in [-0.39, 0.29) is 0 Å². The van der Waals surface area contributed by atoms with E-state index in [4.69, 9.17) is 0 Å². The molecule has 5 nitrogen and oxygen atoms in total. The summed E-state index contributed by atoms with van der Waals surface area (Å²) in [6.45, 7) is 4.80. The molecule has 0 bridgehead atoms. The van der Waals surface area contributed by atoms with Crippen LogP contribution in [0, 0.1) is 13.8 Å². The van der Waals surface area contributed by atoms with Gasteiger partial charge in [0.25, 0.3) is 0 Å². The second kappa shape index (κ2) is 5.77. The third-order valence-electron chi connectivity index (χ3n) is 2.39. The number of aromatic nitrogens is 3. The Labute approximate surface area is 111 Å². The van der Waals surface area contributed by atoms with Crippen molar-refractivity contribution in [2.45, 2.75) is 20.3 Å². The Morgan fingerprint density at radius 3 is 2.67 bits per heavy atom. The average Bonchev–Trinajstić information content (AvgIpc) is 2.74. The van der Waals surface area contributed by atoms with E-state index in [0.29, 0.717) is 5.95 Å². The van der Waals surface area contributed by atoms with Gasteiger partial charge in [-0.2, -0.15) is 4.98 Å². The molecule has 0 spiro atoms. The molecule has 96 valence electrons. The van der Waals surface area contributed by atoms with Gasteiger partial charge < -0.3 is 10.6 Å². The highest BCUT2D eigenvalue weighted by atomic mass is 32.1. The highest BCUT2D eigenvalue weighted by molar-refractivity contribution is 7.09. The van der Waals surface area contributed by atoms with Gasteiger partial charge in [-0.05, 0) is 13.8 Å². The molecule has 0 radical (unpaired) electrons. The smallest absolute Gasteiger partial charge is 0.224 e. The van der Waals surface area contributed by atoms with E-state index in [9.17, 15) is 0 Å². The van der Waals surface area contributed by atoms with E-state index in [1.165, 1.54) is 0 Å². The fourth-order valence-electron chi connectivity index (χ4n) is 1.59. The lowest BCUT2D eigenvalue weighted by Crippen LogP contribution is -2.08. The second-order valence-corrected chi connectivity index (χ2v) is 4.97. The number of nitrogens with one attached hydrogen (secondary N) is 2. The van der Waals surface area contributed by atoms with Crippen molar-refractivity contribution in [1.82, 2.24) is 15.0 Å². The summed E-state index contributed by atoms with van der Waals surface area (Å²) in [6.07, 6.45) is 0.913. The Kier molecular flexibility index (Phi) is 4.09. The van der Waals surface area contributed by atoms with Crippen LogP contribution in [0.4, 0.5) is 11.8 Å².